The Labute approximate surface area is 446 Å². The summed E-state index contributed by atoms with van der Waals surface area (Å²) in [7, 11) is -2.44. The molecule has 0 atom stereocenters. The van der Waals surface area contributed by atoms with E-state index in [-0.39, 0.29) is 47.1 Å². The van der Waals surface area contributed by atoms with Crippen LogP contribution in [0.5, 0.6) is 5.75 Å². The molecule has 14 heteroatoms. The Hall–Kier alpha value is -6.80. The summed E-state index contributed by atoms with van der Waals surface area (Å²) in [6.07, 6.45) is 14.3. The Bertz CT molecular complexity index is 3400. The molecule has 12 nitrogen and oxygen atoms in total. The van der Waals surface area contributed by atoms with E-state index >= 15 is 0 Å². The van der Waals surface area contributed by atoms with E-state index in [1.54, 1.807) is 42.0 Å². The van der Waals surface area contributed by atoms with Crippen molar-refractivity contribution in [1.82, 2.24) is 15.2 Å². The SMILES string of the molecule is CCN1/C(=C/C=C/C=C/C2=[N+](CCCCS(=O)(=O)O)c3ccc4ccccc4c3C2(C)C)C(C)(C)c2cc(CC(=O)NCCCCCNC(=O)Cc3c(C)n(C(=O)c4ccc(Cl)cc4)c4ccc(OC)cc34)ccc21. The van der Waals surface area contributed by atoms with E-state index in [0.29, 0.717) is 60.0 Å². The lowest BCUT2D eigenvalue weighted by molar-refractivity contribution is -0.438. The van der Waals surface area contributed by atoms with Crippen LogP contribution >= 0.6 is 11.6 Å². The Morgan fingerprint density at radius 3 is 2.21 bits per heavy atom. The fourth-order valence-electron chi connectivity index (χ4n) is 11.0. The molecule has 0 unspecified atom stereocenters. The average Bonchev–Trinajstić information content (AvgIpc) is 3.88. The van der Waals surface area contributed by atoms with Gasteiger partial charge in [-0.15, -0.1) is 0 Å². The van der Waals surface area contributed by atoms with Crippen molar-refractivity contribution in [3.05, 3.63) is 172 Å². The van der Waals surface area contributed by atoms with Gasteiger partial charge < -0.3 is 20.3 Å². The average molecular weight is 1050 g/mol. The van der Waals surface area contributed by atoms with Gasteiger partial charge >= 0.3 is 0 Å². The Morgan fingerprint density at radius 2 is 1.51 bits per heavy atom. The van der Waals surface area contributed by atoms with Crippen LogP contribution in [-0.4, -0.2) is 84.6 Å². The molecule has 3 heterocycles. The zero-order valence-corrected chi connectivity index (χ0v) is 45.7. The van der Waals surface area contributed by atoms with Gasteiger partial charge in [0, 0.05) is 82.2 Å². The van der Waals surface area contributed by atoms with Crippen LogP contribution in [-0.2, 0) is 43.4 Å². The van der Waals surface area contributed by atoms with Crippen molar-refractivity contribution < 1.29 is 36.7 Å². The van der Waals surface area contributed by atoms with E-state index in [1.165, 1.54) is 27.6 Å². The fraction of sp³-hybridized carbons (Fsp3) is 0.344. The number of carbonyl (C=O) groups is 3. The van der Waals surface area contributed by atoms with E-state index in [1.807, 2.05) is 25.1 Å². The number of halogens is 1. The number of aromatic nitrogens is 1. The van der Waals surface area contributed by atoms with Crippen LogP contribution in [0, 0.1) is 6.92 Å². The molecule has 6 aromatic rings. The molecule has 0 saturated heterocycles. The third-order valence-corrected chi connectivity index (χ3v) is 15.9. The molecule has 75 heavy (non-hydrogen) atoms. The highest BCUT2D eigenvalue weighted by atomic mass is 35.5. The van der Waals surface area contributed by atoms with Crippen molar-refractivity contribution in [2.75, 3.05) is 43.9 Å². The number of unbranched alkanes of at least 4 members (excludes halogenated alkanes) is 3. The molecule has 0 saturated carbocycles. The van der Waals surface area contributed by atoms with Gasteiger partial charge in [0.25, 0.3) is 16.0 Å². The van der Waals surface area contributed by atoms with Crippen LogP contribution in [0.3, 0.4) is 0 Å². The van der Waals surface area contributed by atoms with Gasteiger partial charge in [-0.05, 0) is 142 Å². The number of benzene rings is 5. The van der Waals surface area contributed by atoms with Crippen LogP contribution < -0.4 is 20.3 Å². The molecule has 0 bridgehead atoms. The van der Waals surface area contributed by atoms with Gasteiger partial charge in [0.05, 0.1) is 36.6 Å². The van der Waals surface area contributed by atoms with Crippen molar-refractivity contribution in [2.24, 2.45) is 0 Å². The van der Waals surface area contributed by atoms with Gasteiger partial charge in [-0.25, -0.2) is 0 Å². The van der Waals surface area contributed by atoms with Crippen molar-refractivity contribution in [2.45, 2.75) is 97.3 Å². The summed E-state index contributed by atoms with van der Waals surface area (Å²) in [6, 6.07) is 31.3. The summed E-state index contributed by atoms with van der Waals surface area (Å²) in [5.74, 6) is 0.00134. The zero-order chi connectivity index (χ0) is 53.7. The van der Waals surface area contributed by atoms with Crippen LogP contribution in [0.2, 0.25) is 5.02 Å². The van der Waals surface area contributed by atoms with Gasteiger partial charge in [0.15, 0.2) is 5.71 Å². The molecule has 2 aliphatic heterocycles. The fourth-order valence-corrected chi connectivity index (χ4v) is 11.7. The van der Waals surface area contributed by atoms with E-state index < -0.39 is 10.1 Å². The number of nitrogens with zero attached hydrogens (tertiary/aromatic N) is 3. The van der Waals surface area contributed by atoms with Crippen molar-refractivity contribution in [1.29, 1.82) is 0 Å². The van der Waals surface area contributed by atoms with Crippen LogP contribution in [0.15, 0.2) is 133 Å². The maximum absolute atomic E-state index is 13.7. The number of carbonyl (C=O) groups excluding carboxylic acids is 3. The summed E-state index contributed by atoms with van der Waals surface area (Å²) in [4.78, 5) is 42.5. The number of rotatable bonds is 21. The van der Waals surface area contributed by atoms with Gasteiger partial charge in [0.1, 0.15) is 12.3 Å². The second-order valence-corrected chi connectivity index (χ2v) is 22.6. The van der Waals surface area contributed by atoms with Gasteiger partial charge in [-0.1, -0.05) is 80.1 Å². The lowest BCUT2D eigenvalue weighted by Crippen LogP contribution is -2.28. The van der Waals surface area contributed by atoms with E-state index in [4.69, 9.17) is 16.3 Å². The third-order valence-electron chi connectivity index (χ3n) is 14.8. The van der Waals surface area contributed by atoms with E-state index in [0.717, 1.165) is 59.4 Å². The monoisotopic (exact) mass is 1050 g/mol. The standard InChI is InChI=1S/C61H68ClN5O7S/c1-8-65-52-30-23-42(38-56(68)63-33-15-10-16-34-64-57(69)40-48-41(2)67(51-32-29-46(74-7)39-49(48)51)59(70)44-24-27-45(62)28-25-44)37-50(52)60(3,4)54(65)21-11-9-12-22-55-61(5,6)58-47-20-14-13-19-43(47)26-31-53(58)66(55)35-17-18-36-75(71,72)73/h9,11-14,19-32,37,39H,8,10,15-18,33-36,38,40H2,1-7H3,(H2-,63,64,68,69,71,72,73)/p+1. The molecule has 0 fully saturated rings. The largest absolute Gasteiger partial charge is 0.497 e. The molecule has 1 aromatic heterocycles. The molecule has 3 N–H and O–H groups in total. The topological polar surface area (TPSA) is 150 Å². The van der Waals surface area contributed by atoms with Gasteiger partial charge in [0.2, 0.25) is 17.5 Å². The molecule has 5 aromatic carbocycles. The number of hydrogen-bond donors (Lipinski definition) is 3. The molecular weight excluding hydrogens is 982 g/mol. The van der Waals surface area contributed by atoms with Crippen LogP contribution in [0.25, 0.3) is 21.7 Å². The third kappa shape index (κ3) is 11.9. The number of hydrogen-bond acceptors (Lipinski definition) is 7. The first-order valence-electron chi connectivity index (χ1n) is 25.9. The van der Waals surface area contributed by atoms with Crippen LogP contribution in [0.4, 0.5) is 11.4 Å². The summed E-state index contributed by atoms with van der Waals surface area (Å²) < 4.78 is 41.8. The summed E-state index contributed by atoms with van der Waals surface area (Å²) in [6.45, 7) is 15.4. The maximum Gasteiger partial charge on any atom is 0.264 e. The minimum atomic E-state index is -4.03. The summed E-state index contributed by atoms with van der Waals surface area (Å²) in [5.41, 5.74) is 9.94. The van der Waals surface area contributed by atoms with Crippen molar-refractivity contribution in [3.63, 3.8) is 0 Å². The molecule has 0 aliphatic carbocycles. The van der Waals surface area contributed by atoms with Gasteiger partial charge in [-0.3, -0.25) is 23.5 Å². The van der Waals surface area contributed by atoms with E-state index in [2.05, 4.69) is 134 Å². The molecular formula is C61H69ClN5O7S+. The first kappa shape index (κ1) is 54.5. The predicted molar refractivity (Wildman–Crippen MR) is 303 cm³/mol. The summed E-state index contributed by atoms with van der Waals surface area (Å²) >= 11 is 6.08. The molecule has 0 radical (unpaired) electrons. The number of anilines is 1. The van der Waals surface area contributed by atoms with Crippen molar-refractivity contribution >= 4 is 78.2 Å². The number of allylic oxidation sites excluding steroid dienone is 6. The smallest absolute Gasteiger partial charge is 0.264 e. The molecule has 392 valence electrons. The summed E-state index contributed by atoms with van der Waals surface area (Å²) in [5, 5.41) is 9.84. The normalized spacial score (nSPS) is 15.4. The van der Waals surface area contributed by atoms with Gasteiger partial charge in [-0.2, -0.15) is 13.0 Å². The molecule has 2 amide bonds. The maximum atomic E-state index is 13.7. The number of methoxy groups -OCH3 is 1. The highest BCUT2D eigenvalue weighted by Gasteiger charge is 2.45. The minimum absolute atomic E-state index is 0.0335. The Kier molecular flexibility index (Phi) is 16.7. The number of fused-ring (bicyclic) bond motifs is 5. The second kappa shape index (κ2) is 23.0. The number of likely N-dealkylation sites (N-methyl/N-ethyl adjacent to an activating group) is 1. The second-order valence-electron chi connectivity index (χ2n) is 20.6. The van der Waals surface area contributed by atoms with Crippen LogP contribution in [0.1, 0.15) is 105 Å². The molecule has 2 aliphatic rings. The highest BCUT2D eigenvalue weighted by Crippen LogP contribution is 2.48. The number of nitrogens with one attached hydrogen (secondary N) is 2. The highest BCUT2D eigenvalue weighted by molar-refractivity contribution is 7.85. The lowest BCUT2D eigenvalue weighted by Gasteiger charge is -2.25. The lowest BCUT2D eigenvalue weighted by atomic mass is 9.79. The zero-order valence-electron chi connectivity index (χ0n) is 44.1. The first-order chi connectivity index (χ1) is 35.8. The molecule has 8 rings (SSSR count). The Balaban J connectivity index is 0.836. The number of amides is 2. The first-order valence-corrected chi connectivity index (χ1v) is 27.9. The quantitative estimate of drug-likeness (QED) is 0.0279. The number of ether oxygens (including phenoxy) is 1. The minimum Gasteiger partial charge on any atom is -0.497 e. The van der Waals surface area contributed by atoms with Crippen molar-refractivity contribution in [3.8, 4) is 5.75 Å². The molecule has 0 spiro atoms. The van der Waals surface area contributed by atoms with E-state index in [9.17, 15) is 27.4 Å². The Morgan fingerprint density at radius 1 is 0.787 bits per heavy atom. The predicted octanol–water partition coefficient (Wildman–Crippen LogP) is 11.5.